The summed E-state index contributed by atoms with van der Waals surface area (Å²) in [5.74, 6) is 0.818. The van der Waals surface area contributed by atoms with Gasteiger partial charge in [-0.2, -0.15) is 0 Å². The summed E-state index contributed by atoms with van der Waals surface area (Å²) in [6.45, 7) is 4.15. The number of carbonyl (C=O) groups excluding carboxylic acids is 1. The van der Waals surface area contributed by atoms with Crippen LogP contribution in [0.4, 0.5) is 0 Å². The van der Waals surface area contributed by atoms with Crippen molar-refractivity contribution in [3.8, 4) is 11.5 Å². The van der Waals surface area contributed by atoms with Gasteiger partial charge in [0.15, 0.2) is 0 Å². The van der Waals surface area contributed by atoms with Crippen molar-refractivity contribution in [1.29, 1.82) is 0 Å². The summed E-state index contributed by atoms with van der Waals surface area (Å²) >= 11 is 6.61. The monoisotopic (exact) mass is 442 g/mol. The van der Waals surface area contributed by atoms with Crippen LogP contribution < -0.4 is 4.74 Å². The molecule has 1 aliphatic heterocycles. The topological polar surface area (TPSA) is 81.0 Å². The smallest absolute Gasteiger partial charge is 0.340 e. The molecule has 1 saturated carbocycles. The van der Waals surface area contributed by atoms with Crippen molar-refractivity contribution in [2.75, 3.05) is 6.61 Å². The summed E-state index contributed by atoms with van der Waals surface area (Å²) in [7, 11) is 0. The first kappa shape index (κ1) is 21.6. The molecule has 2 aliphatic rings. The lowest BCUT2D eigenvalue weighted by atomic mass is 9.86. The Hall–Kier alpha value is -2.60. The minimum Gasteiger partial charge on any atom is -0.506 e. The average molecular weight is 443 g/mol. The molecule has 1 fully saturated rings. The van der Waals surface area contributed by atoms with Crippen molar-refractivity contribution in [1.82, 2.24) is 4.98 Å². The molecule has 0 saturated heterocycles. The van der Waals surface area contributed by atoms with E-state index in [9.17, 15) is 9.90 Å². The molecule has 7 heteroatoms. The van der Waals surface area contributed by atoms with Gasteiger partial charge in [-0.25, -0.2) is 4.79 Å². The van der Waals surface area contributed by atoms with Gasteiger partial charge in [0.1, 0.15) is 23.8 Å². The molecule has 0 radical (unpaired) electrons. The summed E-state index contributed by atoms with van der Waals surface area (Å²) in [5, 5.41) is 14.6. The fraction of sp³-hybridized carbons (Fsp3) is 0.458. The van der Waals surface area contributed by atoms with Crippen molar-refractivity contribution in [2.45, 2.75) is 64.7 Å². The van der Waals surface area contributed by atoms with Crippen LogP contribution >= 0.6 is 11.6 Å². The Morgan fingerprint density at radius 3 is 2.71 bits per heavy atom. The third-order valence-corrected chi connectivity index (χ3v) is 6.62. The van der Waals surface area contributed by atoms with Crippen molar-refractivity contribution >= 4 is 23.3 Å². The van der Waals surface area contributed by atoms with Crippen molar-refractivity contribution in [3.63, 3.8) is 0 Å². The highest BCUT2D eigenvalue weighted by Gasteiger charge is 2.22. The van der Waals surface area contributed by atoms with E-state index in [4.69, 9.17) is 21.3 Å². The standard InChI is InChI=1S/C24H27ClN2O4/c1-14-10-21(30-13-18-12-22(29)31-27-18)23(25)15(2)19(14)11-17-8-9-20(28)24(26-17)16-6-4-3-5-7-16/h8-10,16,28H,3-7,11-13H2,1-2H3. The van der Waals surface area contributed by atoms with Gasteiger partial charge >= 0.3 is 5.97 Å². The third-order valence-electron chi connectivity index (χ3n) is 6.15. The Balaban J connectivity index is 1.53. The molecule has 1 aromatic carbocycles. The largest absolute Gasteiger partial charge is 0.506 e. The Morgan fingerprint density at radius 2 is 2.00 bits per heavy atom. The molecule has 0 atom stereocenters. The van der Waals surface area contributed by atoms with E-state index in [2.05, 4.69) is 9.99 Å². The van der Waals surface area contributed by atoms with Gasteiger partial charge in [-0.15, -0.1) is 0 Å². The number of carbonyl (C=O) groups is 1. The molecule has 0 unspecified atom stereocenters. The summed E-state index contributed by atoms with van der Waals surface area (Å²) in [6, 6.07) is 5.56. The number of ether oxygens (including phenoxy) is 1. The van der Waals surface area contributed by atoms with E-state index in [0.29, 0.717) is 34.6 Å². The van der Waals surface area contributed by atoms with Crippen LogP contribution in [0.1, 0.15) is 72.5 Å². The number of aromatic nitrogens is 1. The van der Waals surface area contributed by atoms with Gasteiger partial charge in [0.2, 0.25) is 0 Å². The molecular weight excluding hydrogens is 416 g/mol. The van der Waals surface area contributed by atoms with Gasteiger partial charge in [-0.1, -0.05) is 36.0 Å². The molecule has 0 bridgehead atoms. The number of nitrogens with zero attached hydrogens (tertiary/aromatic N) is 2. The summed E-state index contributed by atoms with van der Waals surface area (Å²) in [6.07, 6.45) is 6.59. The maximum atomic E-state index is 11.2. The first-order valence-electron chi connectivity index (χ1n) is 10.8. The quantitative estimate of drug-likeness (QED) is 0.607. The molecule has 2 aromatic rings. The van der Waals surface area contributed by atoms with Gasteiger partial charge in [-0.3, -0.25) is 4.98 Å². The average Bonchev–Trinajstić information content (AvgIpc) is 3.19. The Kier molecular flexibility index (Phi) is 6.46. The molecule has 164 valence electrons. The summed E-state index contributed by atoms with van der Waals surface area (Å²) in [5.41, 5.74) is 5.38. The third kappa shape index (κ3) is 4.85. The van der Waals surface area contributed by atoms with E-state index in [1.165, 1.54) is 19.3 Å². The Morgan fingerprint density at radius 1 is 1.23 bits per heavy atom. The van der Waals surface area contributed by atoms with Gasteiger partial charge in [-0.05, 0) is 61.6 Å². The lowest BCUT2D eigenvalue weighted by molar-refractivity contribution is -0.140. The van der Waals surface area contributed by atoms with Gasteiger partial charge in [0.25, 0.3) is 0 Å². The van der Waals surface area contributed by atoms with Crippen LogP contribution in [0, 0.1) is 13.8 Å². The fourth-order valence-corrected chi connectivity index (χ4v) is 4.61. The van der Waals surface area contributed by atoms with Crippen LogP contribution in [0.5, 0.6) is 11.5 Å². The van der Waals surface area contributed by atoms with E-state index < -0.39 is 0 Å². The van der Waals surface area contributed by atoms with E-state index >= 15 is 0 Å². The highest BCUT2D eigenvalue weighted by atomic mass is 35.5. The van der Waals surface area contributed by atoms with E-state index in [0.717, 1.165) is 40.9 Å². The van der Waals surface area contributed by atoms with Crippen LogP contribution in [0.2, 0.25) is 5.02 Å². The number of hydrogen-bond donors (Lipinski definition) is 1. The van der Waals surface area contributed by atoms with Gasteiger partial charge in [0.05, 0.1) is 17.1 Å². The van der Waals surface area contributed by atoms with Crippen LogP contribution in [-0.4, -0.2) is 28.4 Å². The number of benzene rings is 1. The second kappa shape index (κ2) is 9.27. The lowest BCUT2D eigenvalue weighted by Gasteiger charge is -2.22. The molecule has 1 N–H and O–H groups in total. The second-order valence-electron chi connectivity index (χ2n) is 8.41. The Bertz CT molecular complexity index is 1030. The number of pyridine rings is 1. The SMILES string of the molecule is Cc1cc(OCC2=NOC(=O)C2)c(Cl)c(C)c1Cc1ccc(O)c(C2CCCCC2)n1. The minimum atomic E-state index is -0.374. The normalized spacial score (nSPS) is 16.9. The molecular formula is C24H27ClN2O4. The number of oxime groups is 1. The number of rotatable bonds is 6. The maximum absolute atomic E-state index is 11.2. The minimum absolute atomic E-state index is 0.142. The molecule has 2 heterocycles. The molecule has 31 heavy (non-hydrogen) atoms. The molecule has 0 spiro atoms. The van der Waals surface area contributed by atoms with E-state index in [1.54, 1.807) is 6.07 Å². The van der Waals surface area contributed by atoms with Crippen molar-refractivity contribution in [2.24, 2.45) is 5.16 Å². The summed E-state index contributed by atoms with van der Waals surface area (Å²) in [4.78, 5) is 20.6. The zero-order valence-corrected chi connectivity index (χ0v) is 18.7. The highest BCUT2D eigenvalue weighted by Crippen LogP contribution is 2.37. The van der Waals surface area contributed by atoms with Crippen molar-refractivity contribution < 1.29 is 19.5 Å². The van der Waals surface area contributed by atoms with E-state index in [-0.39, 0.29) is 19.0 Å². The van der Waals surface area contributed by atoms with Crippen LogP contribution in [-0.2, 0) is 16.1 Å². The molecule has 4 rings (SSSR count). The van der Waals surface area contributed by atoms with Crippen LogP contribution in [0.25, 0.3) is 0 Å². The molecule has 1 aliphatic carbocycles. The van der Waals surface area contributed by atoms with Crippen LogP contribution in [0.15, 0.2) is 23.4 Å². The second-order valence-corrected chi connectivity index (χ2v) is 8.79. The highest BCUT2D eigenvalue weighted by molar-refractivity contribution is 6.33. The number of halogens is 1. The van der Waals surface area contributed by atoms with Gasteiger partial charge in [0, 0.05) is 18.0 Å². The van der Waals surface area contributed by atoms with Gasteiger partial charge < -0.3 is 14.7 Å². The van der Waals surface area contributed by atoms with Crippen LogP contribution in [0.3, 0.4) is 0 Å². The number of aromatic hydroxyl groups is 1. The number of aryl methyl sites for hydroxylation is 1. The molecule has 0 amide bonds. The summed E-state index contributed by atoms with van der Waals surface area (Å²) < 4.78 is 5.81. The molecule has 1 aromatic heterocycles. The predicted molar refractivity (Wildman–Crippen MR) is 119 cm³/mol. The number of hydrogen-bond acceptors (Lipinski definition) is 6. The maximum Gasteiger partial charge on any atom is 0.340 e. The molecule has 6 nitrogen and oxygen atoms in total. The zero-order chi connectivity index (χ0) is 22.0. The van der Waals surface area contributed by atoms with Crippen molar-refractivity contribution in [3.05, 3.63) is 51.3 Å². The first-order chi connectivity index (χ1) is 14.9. The fourth-order valence-electron chi connectivity index (χ4n) is 4.39. The first-order valence-corrected chi connectivity index (χ1v) is 11.2. The Labute approximate surface area is 187 Å². The predicted octanol–water partition coefficient (Wildman–Crippen LogP) is 5.38. The zero-order valence-electron chi connectivity index (χ0n) is 17.9. The lowest BCUT2D eigenvalue weighted by Crippen LogP contribution is -2.12. The van der Waals surface area contributed by atoms with E-state index in [1.807, 2.05) is 26.0 Å².